The number of nitrogens with one attached hydrogen (secondary N) is 1. The van der Waals surface area contributed by atoms with Crippen molar-refractivity contribution in [3.05, 3.63) is 16.5 Å². The van der Waals surface area contributed by atoms with Gasteiger partial charge in [0, 0.05) is 17.7 Å². The summed E-state index contributed by atoms with van der Waals surface area (Å²) in [6, 6.07) is 1.69. The number of hydrogen-bond donors (Lipinski definition) is 3. The van der Waals surface area contributed by atoms with Crippen LogP contribution in [0.3, 0.4) is 0 Å². The van der Waals surface area contributed by atoms with Gasteiger partial charge in [0.1, 0.15) is 5.00 Å². The molecule has 116 valence electrons. The van der Waals surface area contributed by atoms with E-state index in [1.165, 1.54) is 11.3 Å². The number of thiophene rings is 1. The van der Waals surface area contributed by atoms with E-state index < -0.39 is 11.9 Å². The van der Waals surface area contributed by atoms with Gasteiger partial charge in [-0.2, -0.15) is 0 Å². The van der Waals surface area contributed by atoms with Crippen LogP contribution in [0.25, 0.3) is 0 Å². The maximum absolute atomic E-state index is 11.9. The highest BCUT2D eigenvalue weighted by Gasteiger charge is 2.19. The molecule has 2 amide bonds. The van der Waals surface area contributed by atoms with Gasteiger partial charge in [0.25, 0.3) is 5.91 Å². The Labute approximate surface area is 127 Å². The molecule has 0 spiro atoms. The van der Waals surface area contributed by atoms with E-state index in [1.54, 1.807) is 13.0 Å². The predicted octanol–water partition coefficient (Wildman–Crippen LogP) is 2.41. The second kappa shape index (κ2) is 7.21. The van der Waals surface area contributed by atoms with Crippen LogP contribution in [-0.4, -0.2) is 22.9 Å². The number of nitrogens with two attached hydrogens (primary N) is 1. The summed E-state index contributed by atoms with van der Waals surface area (Å²) in [4.78, 5) is 34.9. The summed E-state index contributed by atoms with van der Waals surface area (Å²) < 4.78 is 0. The van der Waals surface area contributed by atoms with Gasteiger partial charge in [-0.1, -0.05) is 20.8 Å². The maximum Gasteiger partial charge on any atom is 0.303 e. The van der Waals surface area contributed by atoms with Crippen molar-refractivity contribution in [2.75, 3.05) is 5.32 Å². The van der Waals surface area contributed by atoms with Gasteiger partial charge in [-0.25, -0.2) is 0 Å². The monoisotopic (exact) mass is 312 g/mol. The van der Waals surface area contributed by atoms with Crippen molar-refractivity contribution in [1.82, 2.24) is 0 Å². The molecule has 0 fully saturated rings. The molecule has 0 aliphatic carbocycles. The minimum Gasteiger partial charge on any atom is -0.481 e. The Kier molecular flexibility index (Phi) is 5.90. The molecule has 0 saturated carbocycles. The lowest BCUT2D eigenvalue weighted by atomic mass is 10.0. The molecule has 0 radical (unpaired) electrons. The Morgan fingerprint density at radius 2 is 1.90 bits per heavy atom. The molecule has 0 aliphatic heterocycles. The summed E-state index contributed by atoms with van der Waals surface area (Å²) in [6.07, 6.45) is 0.0111. The zero-order chi connectivity index (χ0) is 16.2. The minimum atomic E-state index is -0.939. The summed E-state index contributed by atoms with van der Waals surface area (Å²) in [5.74, 6) is -1.89. The lowest BCUT2D eigenvalue weighted by Gasteiger charge is -2.09. The van der Waals surface area contributed by atoms with Crippen molar-refractivity contribution in [2.24, 2.45) is 11.7 Å². The lowest BCUT2D eigenvalue weighted by Crippen LogP contribution is -2.19. The van der Waals surface area contributed by atoms with E-state index in [0.29, 0.717) is 10.6 Å². The van der Waals surface area contributed by atoms with Crippen LogP contribution >= 0.6 is 11.3 Å². The second-order valence-electron chi connectivity index (χ2n) is 5.37. The molecule has 1 heterocycles. The van der Waals surface area contributed by atoms with Gasteiger partial charge in [-0.15, -0.1) is 11.3 Å². The largest absolute Gasteiger partial charge is 0.481 e. The maximum atomic E-state index is 11.9. The zero-order valence-electron chi connectivity index (χ0n) is 12.3. The van der Waals surface area contributed by atoms with Crippen LogP contribution < -0.4 is 11.1 Å². The molecule has 1 atom stereocenters. The average molecular weight is 312 g/mol. The van der Waals surface area contributed by atoms with Gasteiger partial charge in [0.2, 0.25) is 5.91 Å². The topological polar surface area (TPSA) is 109 Å². The molecule has 0 aromatic carbocycles. The zero-order valence-corrected chi connectivity index (χ0v) is 13.1. The first-order chi connectivity index (χ1) is 9.70. The van der Waals surface area contributed by atoms with E-state index in [9.17, 15) is 14.4 Å². The lowest BCUT2D eigenvalue weighted by molar-refractivity contribution is -0.138. The SMILES string of the molecule is CC(C)c1cc(C(N)=O)c(NC(=O)C[C@H](C)CC(=O)O)s1. The van der Waals surface area contributed by atoms with Gasteiger partial charge in [-0.3, -0.25) is 14.4 Å². The smallest absolute Gasteiger partial charge is 0.303 e. The predicted molar refractivity (Wildman–Crippen MR) is 81.6 cm³/mol. The van der Waals surface area contributed by atoms with E-state index in [1.807, 2.05) is 13.8 Å². The first kappa shape index (κ1) is 17.2. The van der Waals surface area contributed by atoms with Crippen LogP contribution in [0.4, 0.5) is 5.00 Å². The highest BCUT2D eigenvalue weighted by molar-refractivity contribution is 7.16. The molecule has 1 aromatic heterocycles. The van der Waals surface area contributed by atoms with E-state index >= 15 is 0 Å². The van der Waals surface area contributed by atoms with Crippen LogP contribution in [0.15, 0.2) is 6.07 Å². The van der Waals surface area contributed by atoms with Crippen molar-refractivity contribution in [2.45, 2.75) is 39.5 Å². The third-order valence-corrected chi connectivity index (χ3v) is 4.25. The second-order valence-corrected chi connectivity index (χ2v) is 6.45. The van der Waals surface area contributed by atoms with Gasteiger partial charge in [0.15, 0.2) is 0 Å². The quantitative estimate of drug-likeness (QED) is 0.718. The van der Waals surface area contributed by atoms with Crippen LogP contribution in [0, 0.1) is 5.92 Å². The van der Waals surface area contributed by atoms with Crippen molar-refractivity contribution >= 4 is 34.1 Å². The van der Waals surface area contributed by atoms with E-state index in [4.69, 9.17) is 10.8 Å². The summed E-state index contributed by atoms with van der Waals surface area (Å²) in [5, 5.41) is 11.8. The fraction of sp³-hybridized carbons (Fsp3) is 0.500. The van der Waals surface area contributed by atoms with Crippen molar-refractivity contribution < 1.29 is 19.5 Å². The number of aliphatic carboxylic acids is 1. The first-order valence-electron chi connectivity index (χ1n) is 6.65. The molecular formula is C14H20N2O4S. The molecule has 0 unspecified atom stereocenters. The Balaban J connectivity index is 2.79. The number of primary amides is 1. The summed E-state index contributed by atoms with van der Waals surface area (Å²) in [7, 11) is 0. The summed E-state index contributed by atoms with van der Waals surface area (Å²) in [6.45, 7) is 5.66. The molecule has 0 aliphatic rings. The van der Waals surface area contributed by atoms with Crippen LogP contribution in [0.5, 0.6) is 0 Å². The minimum absolute atomic E-state index is 0.0716. The van der Waals surface area contributed by atoms with E-state index in [2.05, 4.69) is 5.32 Å². The normalized spacial score (nSPS) is 12.2. The third-order valence-electron chi connectivity index (χ3n) is 2.90. The average Bonchev–Trinajstić information content (AvgIpc) is 2.71. The molecule has 0 bridgehead atoms. The molecule has 1 rings (SSSR count). The van der Waals surface area contributed by atoms with Gasteiger partial charge in [-0.05, 0) is 17.9 Å². The summed E-state index contributed by atoms with van der Waals surface area (Å²) in [5.41, 5.74) is 5.60. The molecule has 6 nitrogen and oxygen atoms in total. The Morgan fingerprint density at radius 1 is 1.29 bits per heavy atom. The number of carbonyl (C=O) groups excluding carboxylic acids is 2. The summed E-state index contributed by atoms with van der Waals surface area (Å²) >= 11 is 1.32. The molecular weight excluding hydrogens is 292 g/mol. The van der Waals surface area contributed by atoms with Gasteiger partial charge in [0.05, 0.1) is 5.56 Å². The number of anilines is 1. The molecule has 1 aromatic rings. The van der Waals surface area contributed by atoms with Crippen LogP contribution in [0.2, 0.25) is 0 Å². The highest BCUT2D eigenvalue weighted by atomic mass is 32.1. The molecule has 21 heavy (non-hydrogen) atoms. The molecule has 0 saturated heterocycles. The molecule has 7 heteroatoms. The van der Waals surface area contributed by atoms with Gasteiger partial charge < -0.3 is 16.2 Å². The van der Waals surface area contributed by atoms with Crippen molar-refractivity contribution in [3.63, 3.8) is 0 Å². The Hall–Kier alpha value is -1.89. The van der Waals surface area contributed by atoms with Crippen molar-refractivity contribution in [3.8, 4) is 0 Å². The molecule has 4 N–H and O–H groups in total. The number of carboxylic acids is 1. The van der Waals surface area contributed by atoms with Gasteiger partial charge >= 0.3 is 5.97 Å². The van der Waals surface area contributed by atoms with Crippen molar-refractivity contribution in [1.29, 1.82) is 0 Å². The Bertz CT molecular complexity index is 551. The first-order valence-corrected chi connectivity index (χ1v) is 7.47. The third kappa shape index (κ3) is 5.18. The Morgan fingerprint density at radius 3 is 2.38 bits per heavy atom. The fourth-order valence-electron chi connectivity index (χ4n) is 1.83. The van der Waals surface area contributed by atoms with Crippen LogP contribution in [-0.2, 0) is 9.59 Å². The number of rotatable bonds is 7. The standard InChI is InChI=1S/C14H20N2O4S/c1-7(2)10-6-9(13(15)20)14(21-10)16-11(17)4-8(3)5-12(18)19/h6-8H,4-5H2,1-3H3,(H2,15,20)(H,16,17)(H,18,19)/t8-/m0/s1. The number of carbonyl (C=O) groups is 3. The number of carboxylic acid groups (broad SMARTS) is 1. The number of amides is 2. The van der Waals surface area contributed by atoms with E-state index in [0.717, 1.165) is 4.88 Å². The fourth-order valence-corrected chi connectivity index (χ4v) is 2.92. The number of hydrogen-bond acceptors (Lipinski definition) is 4. The van der Waals surface area contributed by atoms with Crippen LogP contribution in [0.1, 0.15) is 54.8 Å². The highest BCUT2D eigenvalue weighted by Crippen LogP contribution is 2.32. The van der Waals surface area contributed by atoms with E-state index in [-0.39, 0.29) is 30.6 Å².